The van der Waals surface area contributed by atoms with Crippen molar-refractivity contribution in [3.63, 3.8) is 0 Å². The number of nitrogens with one attached hydrogen (secondary N) is 2. The van der Waals surface area contributed by atoms with E-state index < -0.39 is 0 Å². The summed E-state index contributed by atoms with van der Waals surface area (Å²) in [5, 5.41) is 5.78. The molecule has 0 saturated heterocycles. The van der Waals surface area contributed by atoms with Gasteiger partial charge in [0.05, 0.1) is 5.69 Å². The Morgan fingerprint density at radius 2 is 1.91 bits per heavy atom. The minimum atomic E-state index is -0.284. The van der Waals surface area contributed by atoms with E-state index in [1.165, 1.54) is 6.92 Å². The number of carbonyl (C=O) groups is 2. The van der Waals surface area contributed by atoms with Crippen LogP contribution >= 0.6 is 11.3 Å². The molecule has 1 aromatic heterocycles. The van der Waals surface area contributed by atoms with Crippen LogP contribution in [0.25, 0.3) is 0 Å². The van der Waals surface area contributed by atoms with Gasteiger partial charge in [0.1, 0.15) is 18.1 Å². The molecule has 1 aliphatic rings. The lowest BCUT2D eigenvalue weighted by Gasteiger charge is -2.18. The van der Waals surface area contributed by atoms with Crippen molar-refractivity contribution in [3.8, 4) is 11.5 Å². The van der Waals surface area contributed by atoms with Crippen molar-refractivity contribution >= 4 is 34.0 Å². The third-order valence-electron chi connectivity index (χ3n) is 3.09. The number of hydrogen-bond donors (Lipinski definition) is 2. The molecule has 0 aliphatic carbocycles. The molecule has 7 nitrogen and oxygen atoms in total. The van der Waals surface area contributed by atoms with Gasteiger partial charge in [-0.1, -0.05) is 11.3 Å². The van der Waals surface area contributed by atoms with Crippen molar-refractivity contribution in [2.75, 3.05) is 23.8 Å². The van der Waals surface area contributed by atoms with E-state index in [9.17, 15) is 9.59 Å². The van der Waals surface area contributed by atoms with Gasteiger partial charge < -0.3 is 20.1 Å². The van der Waals surface area contributed by atoms with Crippen LogP contribution in [-0.2, 0) is 4.79 Å². The third-order valence-corrected chi connectivity index (χ3v) is 4.16. The van der Waals surface area contributed by atoms with E-state index >= 15 is 0 Å². The zero-order chi connectivity index (χ0) is 16.4. The molecule has 2 aromatic rings. The molecule has 23 heavy (non-hydrogen) atoms. The average Bonchev–Trinajstić information content (AvgIpc) is 2.87. The average molecular weight is 333 g/mol. The first kappa shape index (κ1) is 15.3. The summed E-state index contributed by atoms with van der Waals surface area (Å²) in [6.45, 7) is 4.12. The number of rotatable bonds is 3. The Morgan fingerprint density at radius 1 is 1.17 bits per heavy atom. The summed E-state index contributed by atoms with van der Waals surface area (Å²) in [6.07, 6.45) is 0. The summed E-state index contributed by atoms with van der Waals surface area (Å²) < 4.78 is 10.9. The number of benzene rings is 1. The van der Waals surface area contributed by atoms with Gasteiger partial charge in [0.25, 0.3) is 5.91 Å². The summed E-state index contributed by atoms with van der Waals surface area (Å²) in [7, 11) is 0. The highest BCUT2D eigenvalue weighted by atomic mass is 32.1. The minimum absolute atomic E-state index is 0.224. The molecule has 3 rings (SSSR count). The molecule has 2 N–H and O–H groups in total. The first-order valence-electron chi connectivity index (χ1n) is 6.99. The number of aryl methyl sites for hydroxylation is 1. The number of hydrogen-bond acceptors (Lipinski definition) is 6. The van der Waals surface area contributed by atoms with Gasteiger partial charge in [-0.25, -0.2) is 4.98 Å². The fraction of sp³-hybridized carbons (Fsp3) is 0.267. The minimum Gasteiger partial charge on any atom is -0.486 e. The van der Waals surface area contributed by atoms with Crippen LogP contribution in [0.15, 0.2) is 18.2 Å². The van der Waals surface area contributed by atoms with Crippen molar-refractivity contribution in [3.05, 3.63) is 28.8 Å². The van der Waals surface area contributed by atoms with E-state index in [-0.39, 0.29) is 11.8 Å². The molecule has 0 saturated carbocycles. The molecule has 2 heterocycles. The molecule has 0 bridgehead atoms. The second kappa shape index (κ2) is 6.25. The SMILES string of the molecule is CC(=O)Nc1nc(C)c(C(=O)Nc2ccc3c(c2)OCCO3)s1. The number of aromatic nitrogens is 1. The Hall–Kier alpha value is -2.61. The summed E-state index contributed by atoms with van der Waals surface area (Å²) in [5.41, 5.74) is 1.17. The molecule has 1 aromatic carbocycles. The van der Waals surface area contributed by atoms with E-state index in [4.69, 9.17) is 9.47 Å². The van der Waals surface area contributed by atoms with Crippen molar-refractivity contribution < 1.29 is 19.1 Å². The van der Waals surface area contributed by atoms with E-state index in [2.05, 4.69) is 15.6 Å². The lowest BCUT2D eigenvalue weighted by Crippen LogP contribution is -2.16. The maximum absolute atomic E-state index is 12.4. The molecule has 0 spiro atoms. The summed E-state index contributed by atoms with van der Waals surface area (Å²) >= 11 is 1.13. The molecule has 0 radical (unpaired) electrons. The van der Waals surface area contributed by atoms with E-state index in [1.807, 2.05) is 0 Å². The number of fused-ring (bicyclic) bond motifs is 1. The quantitative estimate of drug-likeness (QED) is 0.900. The monoisotopic (exact) mass is 333 g/mol. The number of anilines is 2. The molecule has 2 amide bonds. The van der Waals surface area contributed by atoms with Crippen molar-refractivity contribution in [2.24, 2.45) is 0 Å². The molecular weight excluding hydrogens is 318 g/mol. The van der Waals surface area contributed by atoms with E-state index in [0.29, 0.717) is 46.1 Å². The van der Waals surface area contributed by atoms with Gasteiger partial charge in [-0.2, -0.15) is 0 Å². The Balaban J connectivity index is 1.76. The van der Waals surface area contributed by atoms with Crippen LogP contribution in [0, 0.1) is 6.92 Å². The molecule has 1 aliphatic heterocycles. The zero-order valence-electron chi connectivity index (χ0n) is 12.6. The van der Waals surface area contributed by atoms with Gasteiger partial charge >= 0.3 is 0 Å². The highest BCUT2D eigenvalue weighted by Gasteiger charge is 2.18. The maximum Gasteiger partial charge on any atom is 0.267 e. The third kappa shape index (κ3) is 3.42. The molecular formula is C15H15N3O4S. The molecule has 0 fully saturated rings. The van der Waals surface area contributed by atoms with Gasteiger partial charge in [-0.15, -0.1) is 0 Å². The van der Waals surface area contributed by atoms with Crippen LogP contribution < -0.4 is 20.1 Å². The maximum atomic E-state index is 12.4. The Morgan fingerprint density at radius 3 is 2.65 bits per heavy atom. The number of nitrogens with zero attached hydrogens (tertiary/aromatic N) is 1. The van der Waals surface area contributed by atoms with Crippen LogP contribution in [0.3, 0.4) is 0 Å². The van der Waals surface area contributed by atoms with Gasteiger partial charge in [-0.3, -0.25) is 9.59 Å². The first-order valence-corrected chi connectivity index (χ1v) is 7.80. The van der Waals surface area contributed by atoms with Crippen LogP contribution in [0.5, 0.6) is 11.5 Å². The Bertz CT molecular complexity index is 772. The largest absolute Gasteiger partial charge is 0.486 e. The van der Waals surface area contributed by atoms with Crippen molar-refractivity contribution in [2.45, 2.75) is 13.8 Å². The zero-order valence-corrected chi connectivity index (χ0v) is 13.5. The standard InChI is InChI=1S/C15H15N3O4S/c1-8-13(23-15(16-8)17-9(2)19)14(20)18-10-3-4-11-12(7-10)22-6-5-21-11/h3-4,7H,5-6H2,1-2H3,(H,18,20)(H,16,17,19). The highest BCUT2D eigenvalue weighted by Crippen LogP contribution is 2.33. The van der Waals surface area contributed by atoms with E-state index in [1.54, 1.807) is 25.1 Å². The number of ether oxygens (including phenoxy) is 2. The number of amides is 2. The molecule has 0 atom stereocenters. The topological polar surface area (TPSA) is 89.6 Å². The Kier molecular flexibility index (Phi) is 4.16. The lowest BCUT2D eigenvalue weighted by molar-refractivity contribution is -0.114. The lowest BCUT2D eigenvalue weighted by atomic mass is 10.2. The highest BCUT2D eigenvalue weighted by molar-refractivity contribution is 7.17. The number of thiazole rings is 1. The summed E-state index contributed by atoms with van der Waals surface area (Å²) in [6, 6.07) is 5.22. The molecule has 0 unspecified atom stereocenters. The second-order valence-corrected chi connectivity index (χ2v) is 5.93. The van der Waals surface area contributed by atoms with Gasteiger partial charge in [0.15, 0.2) is 16.6 Å². The fourth-order valence-electron chi connectivity index (χ4n) is 2.12. The first-order chi connectivity index (χ1) is 11.0. The van der Waals surface area contributed by atoms with Crippen LogP contribution in [-0.4, -0.2) is 30.0 Å². The van der Waals surface area contributed by atoms with Crippen LogP contribution in [0.1, 0.15) is 22.3 Å². The predicted molar refractivity (Wildman–Crippen MR) is 86.5 cm³/mol. The van der Waals surface area contributed by atoms with Crippen molar-refractivity contribution in [1.82, 2.24) is 4.98 Å². The molecule has 8 heteroatoms. The molecule has 120 valence electrons. The predicted octanol–water partition coefficient (Wildman–Crippen LogP) is 2.43. The smallest absolute Gasteiger partial charge is 0.267 e. The van der Waals surface area contributed by atoms with Gasteiger partial charge in [0, 0.05) is 18.7 Å². The van der Waals surface area contributed by atoms with E-state index in [0.717, 1.165) is 11.3 Å². The fourth-order valence-corrected chi connectivity index (χ4v) is 3.03. The van der Waals surface area contributed by atoms with Crippen LogP contribution in [0.4, 0.5) is 10.8 Å². The van der Waals surface area contributed by atoms with Gasteiger partial charge in [0.2, 0.25) is 5.91 Å². The summed E-state index contributed by atoms with van der Waals surface area (Å²) in [5.74, 6) is 0.760. The second-order valence-electron chi connectivity index (χ2n) is 4.93. The summed E-state index contributed by atoms with van der Waals surface area (Å²) in [4.78, 5) is 28.0. The number of carbonyl (C=O) groups excluding carboxylic acids is 2. The normalized spacial score (nSPS) is 12.6. The van der Waals surface area contributed by atoms with Crippen LogP contribution in [0.2, 0.25) is 0 Å². The van der Waals surface area contributed by atoms with Crippen molar-refractivity contribution in [1.29, 1.82) is 0 Å². The Labute approximate surface area is 136 Å². The van der Waals surface area contributed by atoms with Gasteiger partial charge in [-0.05, 0) is 19.1 Å².